The second kappa shape index (κ2) is 22.4. The van der Waals surface area contributed by atoms with Crippen molar-refractivity contribution in [1.29, 1.82) is 0 Å². The number of carbonyl (C=O) groups is 3. The highest BCUT2D eigenvalue weighted by Gasteiger charge is 2.76. The van der Waals surface area contributed by atoms with E-state index in [9.17, 15) is 75.7 Å². The number of carbonyl (C=O) groups excluding carboxylic acids is 2. The Morgan fingerprint density at radius 1 is 0.662 bits per heavy atom. The fourth-order valence-corrected chi connectivity index (χ4v) is 16.2. The van der Waals surface area contributed by atoms with Gasteiger partial charge in [0.1, 0.15) is 48.8 Å². The quantitative estimate of drug-likeness (QED) is 0.0373. The Balaban J connectivity index is 1.14. The van der Waals surface area contributed by atoms with Crippen molar-refractivity contribution in [2.24, 2.45) is 50.2 Å². The summed E-state index contributed by atoms with van der Waals surface area (Å²) < 4.78 is 48.8. The number of carboxylic acid groups (broad SMARTS) is 1. The Morgan fingerprint density at radius 3 is 1.79 bits per heavy atom. The van der Waals surface area contributed by atoms with Crippen molar-refractivity contribution in [3.8, 4) is 0 Å². The van der Waals surface area contributed by atoms with E-state index in [-0.39, 0.29) is 23.8 Å². The first kappa shape index (κ1) is 63.0. The van der Waals surface area contributed by atoms with Gasteiger partial charge in [-0.15, -0.1) is 0 Å². The number of aliphatic hydroxyl groups excluding tert-OH is 10. The van der Waals surface area contributed by atoms with E-state index in [0.29, 0.717) is 37.7 Å². The molecule has 8 unspecified atom stereocenters. The first-order chi connectivity index (χ1) is 37.2. The minimum absolute atomic E-state index is 0.162. The van der Waals surface area contributed by atoms with E-state index in [0.717, 1.165) is 5.57 Å². The number of hydrogen-bond donors (Lipinski definition) is 12. The summed E-state index contributed by atoms with van der Waals surface area (Å²) in [6, 6.07) is 0. The number of aliphatic carboxylic acids is 1. The van der Waals surface area contributed by atoms with Gasteiger partial charge in [-0.25, -0.2) is 14.4 Å². The summed E-state index contributed by atoms with van der Waals surface area (Å²) in [5.74, 6) is -6.85. The van der Waals surface area contributed by atoms with Crippen LogP contribution in [0.25, 0.3) is 0 Å². The minimum Gasteiger partial charge on any atom is -0.479 e. The third kappa shape index (κ3) is 9.76. The number of ether oxygens (including phenoxy) is 8. The molecule has 4 saturated carbocycles. The molecule has 8 aliphatic rings. The predicted molar refractivity (Wildman–Crippen MR) is 277 cm³/mol. The van der Waals surface area contributed by atoms with Gasteiger partial charge < -0.3 is 99.2 Å². The van der Waals surface area contributed by atoms with Crippen LogP contribution in [0.2, 0.25) is 0 Å². The van der Waals surface area contributed by atoms with Gasteiger partial charge in [-0.3, -0.25) is 0 Å². The number of fused-ring (bicyclic) bond motifs is 7. The molecule has 3 aliphatic heterocycles. The first-order valence-corrected chi connectivity index (χ1v) is 28.1. The highest BCUT2D eigenvalue weighted by Crippen LogP contribution is 2.76. The van der Waals surface area contributed by atoms with E-state index in [1.807, 2.05) is 34.6 Å². The Labute approximate surface area is 466 Å². The lowest BCUT2D eigenvalue weighted by atomic mass is 9.32. The highest BCUT2D eigenvalue weighted by atomic mass is 16.8. The third-order valence-electron chi connectivity index (χ3n) is 21.4. The zero-order chi connectivity index (χ0) is 59.4. The zero-order valence-corrected chi connectivity index (χ0v) is 47.7. The second-order valence-electron chi connectivity index (χ2n) is 26.1. The van der Waals surface area contributed by atoms with Crippen LogP contribution >= 0.6 is 0 Å². The number of allylic oxidation sites excluding steroid dienone is 3. The molecule has 0 aromatic carbocycles. The molecule has 0 amide bonds. The van der Waals surface area contributed by atoms with E-state index in [4.69, 9.17) is 37.9 Å². The van der Waals surface area contributed by atoms with Gasteiger partial charge in [-0.2, -0.15) is 0 Å². The molecule has 0 aromatic rings. The summed E-state index contributed by atoms with van der Waals surface area (Å²) in [6.45, 7) is 18.3. The van der Waals surface area contributed by atoms with Crippen LogP contribution in [0.15, 0.2) is 34.9 Å². The predicted octanol–water partition coefficient (Wildman–Crippen LogP) is 0.612. The molecule has 3 heterocycles. The normalized spacial score (nSPS) is 49.0. The van der Waals surface area contributed by atoms with Crippen molar-refractivity contribution in [2.45, 2.75) is 231 Å². The van der Waals surface area contributed by atoms with E-state index >= 15 is 0 Å². The molecule has 80 heavy (non-hydrogen) atoms. The monoisotopic (exact) mass is 1140 g/mol. The lowest BCUT2D eigenvalue weighted by Gasteiger charge is -2.73. The molecule has 0 aromatic heterocycles. The van der Waals surface area contributed by atoms with Gasteiger partial charge in [0.25, 0.3) is 0 Å². The molecule has 0 bridgehead atoms. The van der Waals surface area contributed by atoms with Crippen LogP contribution in [0.4, 0.5) is 0 Å². The Hall–Kier alpha value is -3.05. The Kier molecular flexibility index (Phi) is 17.7. The fraction of sp³-hybridized carbons (Fsp3) is 0.842. The first-order valence-electron chi connectivity index (χ1n) is 28.1. The van der Waals surface area contributed by atoms with Crippen LogP contribution < -0.4 is 0 Å². The minimum atomic E-state index is -2.89. The highest BCUT2D eigenvalue weighted by molar-refractivity contribution is 5.89. The van der Waals surface area contributed by atoms with Crippen LogP contribution in [0, 0.1) is 50.2 Å². The maximum Gasteiger partial charge on any atom is 0.333 e. The average molecular weight is 1140 g/mol. The van der Waals surface area contributed by atoms with Gasteiger partial charge in [0.2, 0.25) is 5.79 Å². The molecule has 25 atom stereocenters. The molecule has 23 nitrogen and oxygen atoms in total. The average Bonchev–Trinajstić information content (AvgIpc) is 2.03. The molecule has 3 saturated heterocycles. The summed E-state index contributed by atoms with van der Waals surface area (Å²) in [7, 11) is 0. The van der Waals surface area contributed by atoms with Crippen LogP contribution in [-0.2, 0) is 52.3 Å². The summed E-state index contributed by atoms with van der Waals surface area (Å²) in [6.07, 6.45) is -21.5. The topological polar surface area (TPSA) is 368 Å². The van der Waals surface area contributed by atoms with Gasteiger partial charge in [-0.1, -0.05) is 72.3 Å². The SMILES string of the molecule is C/C=C(/C)C(=O)O[C@H]1[C@H](OC(=O)/C(C)=C\C)[C@@]2(CO)C(CC1(C)C)C1=CCC3[C@@]4(C)CC[C@H](O[C@@H]5OC(C(=O)O)C[C@@](O)(O[C@@H]6O[C@@H](CO)[C@@H](O)C6O)C5O[C@@H]5OC(CO)[C@H](O)[C@@H](O)C5O)C(C)(C)C4CC[C@@]3(C)[C@]1(C)[C@@H](O)[C@H]2O. The van der Waals surface area contributed by atoms with Crippen LogP contribution in [0.5, 0.6) is 0 Å². The van der Waals surface area contributed by atoms with Gasteiger partial charge >= 0.3 is 17.9 Å². The van der Waals surface area contributed by atoms with E-state index in [1.54, 1.807) is 39.8 Å². The third-order valence-corrected chi connectivity index (χ3v) is 21.4. The molecule has 7 fully saturated rings. The number of aliphatic hydroxyl groups is 11. The van der Waals surface area contributed by atoms with Crippen molar-refractivity contribution >= 4 is 17.9 Å². The molecule has 0 spiro atoms. The van der Waals surface area contributed by atoms with Crippen molar-refractivity contribution < 1.29 is 114 Å². The van der Waals surface area contributed by atoms with Gasteiger partial charge in [-0.05, 0) is 100 Å². The molecule has 0 radical (unpaired) electrons. The summed E-state index contributed by atoms with van der Waals surface area (Å²) >= 11 is 0. The van der Waals surface area contributed by atoms with E-state index in [1.165, 1.54) is 0 Å². The smallest absolute Gasteiger partial charge is 0.333 e. The number of hydrogen-bond acceptors (Lipinski definition) is 22. The lowest BCUT2D eigenvalue weighted by molar-refractivity contribution is -0.432. The Bertz CT molecular complexity index is 2410. The lowest BCUT2D eigenvalue weighted by Crippen LogP contribution is -2.76. The van der Waals surface area contributed by atoms with Gasteiger partial charge in [0.05, 0.1) is 43.5 Å². The molecule has 23 heteroatoms. The van der Waals surface area contributed by atoms with E-state index in [2.05, 4.69) is 19.9 Å². The summed E-state index contributed by atoms with van der Waals surface area (Å²) in [4.78, 5) is 40.3. The molecule has 8 rings (SSSR count). The number of carboxylic acids is 1. The van der Waals surface area contributed by atoms with Crippen molar-refractivity contribution in [3.63, 3.8) is 0 Å². The van der Waals surface area contributed by atoms with E-state index < -0.39 is 193 Å². The van der Waals surface area contributed by atoms with Crippen molar-refractivity contribution in [3.05, 3.63) is 34.9 Å². The van der Waals surface area contributed by atoms with Crippen LogP contribution in [0.3, 0.4) is 0 Å². The molecule has 5 aliphatic carbocycles. The molecule has 454 valence electrons. The van der Waals surface area contributed by atoms with Gasteiger partial charge in [0, 0.05) is 28.4 Å². The molecular weight excluding hydrogens is 1050 g/mol. The molecule has 12 N–H and O–H groups in total. The van der Waals surface area contributed by atoms with Crippen molar-refractivity contribution in [1.82, 2.24) is 0 Å². The molecular formula is C57H88O23. The second-order valence-corrected chi connectivity index (χ2v) is 26.1. The zero-order valence-electron chi connectivity index (χ0n) is 47.7. The van der Waals surface area contributed by atoms with Gasteiger partial charge in [0.15, 0.2) is 37.2 Å². The number of esters is 2. The fourth-order valence-electron chi connectivity index (χ4n) is 16.2. The number of rotatable bonds is 14. The van der Waals surface area contributed by atoms with Crippen LogP contribution in [0.1, 0.15) is 121 Å². The van der Waals surface area contributed by atoms with Crippen LogP contribution in [-0.4, -0.2) is 209 Å². The maximum absolute atomic E-state index is 13.9. The summed E-state index contributed by atoms with van der Waals surface area (Å²) in [5, 5.41) is 135. The maximum atomic E-state index is 13.9. The standard InChI is InChI=1S/C57H88O23/c1-12-25(3)46(70)77-42-43(78-47(71)26(4)13-2)56(24-60)28(20-51(42,5)6)27-14-15-33-53(9)18-17-34(52(7,8)32(53)16-19-54(33,10)55(27,11)40(66)41(56)67)76-50-44(79-48-39(65)37(63)35(61)30(22-58)74-48)57(72,21-29(73-50)45(68)69)80-49-38(64)36(62)31(23-59)75-49/h12-14,28-44,48-50,58-67,72H,15-24H2,1-11H3,(H,68,69)/b25-12-,26-13-/t28?,29?,30?,31-,32?,33?,34-,35-,36+,37+,38?,39?,40-,41+,42-,43-,44?,48-,49-,50-,53-,54+,55-,56-,57+/m0/s1. The summed E-state index contributed by atoms with van der Waals surface area (Å²) in [5.41, 5.74) is -4.46. The Morgan fingerprint density at radius 2 is 1.23 bits per heavy atom. The largest absolute Gasteiger partial charge is 0.479 e. The van der Waals surface area contributed by atoms with Crippen molar-refractivity contribution in [2.75, 3.05) is 19.8 Å².